The van der Waals surface area contributed by atoms with E-state index in [-0.39, 0.29) is 27.7 Å². The van der Waals surface area contributed by atoms with Gasteiger partial charge in [0.05, 0.1) is 14.8 Å². The minimum atomic E-state index is -3.84. The van der Waals surface area contributed by atoms with Crippen molar-refractivity contribution in [2.45, 2.75) is 25.2 Å². The predicted octanol–water partition coefficient (Wildman–Crippen LogP) is 2.25. The maximum Gasteiger partial charge on any atom is 0.275 e. The average molecular weight is 317 g/mol. The van der Waals surface area contributed by atoms with Gasteiger partial charge in [-0.25, -0.2) is 13.1 Å². The fraction of sp³-hybridized carbons (Fsp3) is 0.333. The van der Waals surface area contributed by atoms with Crippen LogP contribution in [0, 0.1) is 28.9 Å². The van der Waals surface area contributed by atoms with Gasteiger partial charge in [-0.3, -0.25) is 10.1 Å². The van der Waals surface area contributed by atoms with Gasteiger partial charge in [0.15, 0.2) is 0 Å². The first-order valence-electron chi connectivity index (χ1n) is 5.63. The number of hydrogen-bond donors (Lipinski definition) is 1. The first kappa shape index (κ1) is 16.4. The third kappa shape index (κ3) is 3.93. The van der Waals surface area contributed by atoms with E-state index in [0.717, 1.165) is 6.07 Å². The molecule has 0 unspecified atom stereocenters. The highest BCUT2D eigenvalue weighted by molar-refractivity contribution is 7.89. The second kappa shape index (κ2) is 6.70. The summed E-state index contributed by atoms with van der Waals surface area (Å²) in [4.78, 5) is 9.97. The van der Waals surface area contributed by atoms with Crippen molar-refractivity contribution >= 4 is 27.3 Å². The lowest BCUT2D eigenvalue weighted by atomic mass is 10.2. The van der Waals surface area contributed by atoms with E-state index < -0.39 is 14.9 Å². The molecule has 0 atom stereocenters. The van der Waals surface area contributed by atoms with Crippen LogP contribution in [0.15, 0.2) is 17.0 Å². The van der Waals surface area contributed by atoms with E-state index in [0.29, 0.717) is 6.42 Å². The summed E-state index contributed by atoms with van der Waals surface area (Å²) in [6.45, 7) is 3.24. The van der Waals surface area contributed by atoms with Crippen molar-refractivity contribution in [1.82, 2.24) is 4.72 Å². The van der Waals surface area contributed by atoms with Crippen molar-refractivity contribution in [1.29, 1.82) is 0 Å². The molecule has 0 radical (unpaired) electrons. The number of rotatable bonds is 5. The highest BCUT2D eigenvalue weighted by Gasteiger charge is 2.21. The van der Waals surface area contributed by atoms with Gasteiger partial charge in [-0.05, 0) is 19.9 Å². The maximum absolute atomic E-state index is 12.0. The van der Waals surface area contributed by atoms with Crippen molar-refractivity contribution in [2.24, 2.45) is 0 Å². The zero-order valence-electron chi connectivity index (χ0n) is 10.9. The Morgan fingerprint density at radius 2 is 2.10 bits per heavy atom. The van der Waals surface area contributed by atoms with Gasteiger partial charge >= 0.3 is 0 Å². The van der Waals surface area contributed by atoms with Crippen LogP contribution in [0.5, 0.6) is 0 Å². The Balaban J connectivity index is 3.11. The van der Waals surface area contributed by atoms with Crippen LogP contribution >= 0.6 is 11.6 Å². The first-order valence-corrected chi connectivity index (χ1v) is 7.49. The minimum Gasteiger partial charge on any atom is -0.258 e. The number of sulfonamides is 1. The van der Waals surface area contributed by atoms with Crippen LogP contribution < -0.4 is 4.72 Å². The molecule has 8 heteroatoms. The molecule has 0 heterocycles. The smallest absolute Gasteiger partial charge is 0.258 e. The third-order valence-electron chi connectivity index (χ3n) is 2.52. The molecule has 0 aliphatic rings. The van der Waals surface area contributed by atoms with Gasteiger partial charge in [0.1, 0.15) is 0 Å². The molecule has 0 aliphatic carbocycles. The van der Waals surface area contributed by atoms with E-state index in [1.807, 2.05) is 0 Å². The fourth-order valence-electron chi connectivity index (χ4n) is 1.44. The lowest BCUT2D eigenvalue weighted by Gasteiger charge is -2.07. The van der Waals surface area contributed by atoms with Gasteiger partial charge in [0.2, 0.25) is 10.0 Å². The van der Waals surface area contributed by atoms with Crippen LogP contribution in [0.25, 0.3) is 0 Å². The molecule has 0 aromatic heterocycles. The summed E-state index contributed by atoms with van der Waals surface area (Å²) >= 11 is 5.83. The number of nitrogens with one attached hydrogen (secondary N) is 1. The summed E-state index contributed by atoms with van der Waals surface area (Å²) in [5.74, 6) is 5.35. The first-order chi connectivity index (χ1) is 9.29. The van der Waals surface area contributed by atoms with E-state index in [1.54, 1.807) is 6.92 Å². The molecule has 1 N–H and O–H groups in total. The summed E-state index contributed by atoms with van der Waals surface area (Å²) in [6.07, 6.45) is 0.359. The monoisotopic (exact) mass is 316 g/mol. The standard InChI is InChI=1S/C12H13ClN2O4S/c1-3-4-5-6-14-20(18,19)10-7-11(13)9(2)12(8-10)15(16)17/h7-8,14H,5-6H2,1-2H3. The molecule has 1 aromatic rings. The molecule has 1 aromatic carbocycles. The number of nitro groups is 1. The maximum atomic E-state index is 12.0. The van der Waals surface area contributed by atoms with Crippen LogP contribution in [0.3, 0.4) is 0 Å². The second-order valence-electron chi connectivity index (χ2n) is 3.88. The molecule has 0 aliphatic heterocycles. The van der Waals surface area contributed by atoms with Gasteiger partial charge < -0.3 is 0 Å². The third-order valence-corrected chi connectivity index (χ3v) is 4.35. The molecule has 1 rings (SSSR count). The molecule has 0 saturated carbocycles. The van der Waals surface area contributed by atoms with Gasteiger partial charge in [-0.1, -0.05) is 11.6 Å². The molecule has 0 saturated heterocycles. The Kier molecular flexibility index (Phi) is 5.51. The second-order valence-corrected chi connectivity index (χ2v) is 6.06. The number of nitro benzene ring substituents is 1. The number of halogens is 1. The average Bonchev–Trinajstić information content (AvgIpc) is 2.37. The van der Waals surface area contributed by atoms with Crippen molar-refractivity contribution in [3.05, 3.63) is 32.8 Å². The molecule has 20 heavy (non-hydrogen) atoms. The molecular weight excluding hydrogens is 304 g/mol. The van der Waals surface area contributed by atoms with Crippen LogP contribution in [0.2, 0.25) is 5.02 Å². The Morgan fingerprint density at radius 3 is 2.65 bits per heavy atom. The topological polar surface area (TPSA) is 89.3 Å². The molecule has 0 amide bonds. The van der Waals surface area contributed by atoms with E-state index in [1.165, 1.54) is 13.0 Å². The summed E-state index contributed by atoms with van der Waals surface area (Å²) in [5.41, 5.74) is -0.0984. The molecule has 0 spiro atoms. The Bertz CT molecular complexity index is 689. The summed E-state index contributed by atoms with van der Waals surface area (Å²) in [7, 11) is -3.84. The molecule has 0 fully saturated rings. The van der Waals surface area contributed by atoms with Crippen LogP contribution in [0.1, 0.15) is 18.9 Å². The molecule has 6 nitrogen and oxygen atoms in total. The van der Waals surface area contributed by atoms with Crippen LogP contribution in [-0.4, -0.2) is 19.9 Å². The molecule has 0 bridgehead atoms. The van der Waals surface area contributed by atoms with Crippen molar-refractivity contribution in [3.8, 4) is 11.8 Å². The SMILES string of the molecule is CC#CCCNS(=O)(=O)c1cc(Cl)c(C)c([N+](=O)[O-])c1. The number of nitrogens with zero attached hydrogens (tertiary/aromatic N) is 1. The largest absolute Gasteiger partial charge is 0.275 e. The van der Waals surface area contributed by atoms with Crippen molar-refractivity contribution < 1.29 is 13.3 Å². The van der Waals surface area contributed by atoms with Crippen LogP contribution in [-0.2, 0) is 10.0 Å². The quantitative estimate of drug-likeness (QED) is 0.390. The zero-order chi connectivity index (χ0) is 15.3. The summed E-state index contributed by atoms with van der Waals surface area (Å²) in [5, 5.41) is 10.9. The van der Waals surface area contributed by atoms with Crippen molar-refractivity contribution in [2.75, 3.05) is 6.54 Å². The highest BCUT2D eigenvalue weighted by atomic mass is 35.5. The fourth-order valence-corrected chi connectivity index (χ4v) is 2.80. The molecular formula is C12H13ClN2O4S. The normalized spacial score (nSPS) is 10.8. The Hall–Kier alpha value is -1.62. The highest BCUT2D eigenvalue weighted by Crippen LogP contribution is 2.29. The summed E-state index contributed by atoms with van der Waals surface area (Å²) in [6, 6.07) is 2.19. The van der Waals surface area contributed by atoms with E-state index >= 15 is 0 Å². The van der Waals surface area contributed by atoms with Gasteiger partial charge in [-0.15, -0.1) is 11.8 Å². The lowest BCUT2D eigenvalue weighted by molar-refractivity contribution is -0.385. The van der Waals surface area contributed by atoms with Crippen molar-refractivity contribution in [3.63, 3.8) is 0 Å². The van der Waals surface area contributed by atoms with Crippen LogP contribution in [0.4, 0.5) is 5.69 Å². The van der Waals surface area contributed by atoms with Gasteiger partial charge in [0, 0.05) is 24.6 Å². The summed E-state index contributed by atoms with van der Waals surface area (Å²) < 4.78 is 26.3. The lowest BCUT2D eigenvalue weighted by Crippen LogP contribution is -2.24. The zero-order valence-corrected chi connectivity index (χ0v) is 12.5. The Morgan fingerprint density at radius 1 is 1.45 bits per heavy atom. The number of benzene rings is 1. The number of hydrogen-bond acceptors (Lipinski definition) is 4. The van der Waals surface area contributed by atoms with E-state index in [9.17, 15) is 18.5 Å². The Labute approximate surface area is 122 Å². The van der Waals surface area contributed by atoms with Gasteiger partial charge in [0.25, 0.3) is 5.69 Å². The molecule has 108 valence electrons. The van der Waals surface area contributed by atoms with E-state index in [2.05, 4.69) is 16.6 Å². The van der Waals surface area contributed by atoms with E-state index in [4.69, 9.17) is 11.6 Å². The minimum absolute atomic E-state index is 0.0351. The predicted molar refractivity (Wildman–Crippen MR) is 76.1 cm³/mol. The van der Waals surface area contributed by atoms with Gasteiger partial charge in [-0.2, -0.15) is 0 Å².